The third-order valence-electron chi connectivity index (χ3n) is 4.46. The number of hydrogen-bond donors (Lipinski definition) is 1. The van der Waals surface area contributed by atoms with Crippen molar-refractivity contribution in [1.29, 1.82) is 0 Å². The van der Waals surface area contributed by atoms with Crippen LogP contribution >= 0.6 is 0 Å². The molecule has 3 heterocycles. The fourth-order valence-corrected chi connectivity index (χ4v) is 2.96. The van der Waals surface area contributed by atoms with Crippen LogP contribution in [-0.2, 0) is 6.42 Å². The Kier molecular flexibility index (Phi) is 5.42. The number of aryl methyl sites for hydroxylation is 2. The van der Waals surface area contributed by atoms with Crippen molar-refractivity contribution >= 4 is 11.8 Å². The molecule has 0 atom stereocenters. The highest BCUT2D eigenvalue weighted by atomic mass is 16.2. The first kappa shape index (κ1) is 17.1. The number of aromatic nitrogens is 3. The largest absolute Gasteiger partial charge is 0.353 e. The van der Waals surface area contributed by atoms with Crippen molar-refractivity contribution in [1.82, 2.24) is 25.2 Å². The van der Waals surface area contributed by atoms with Gasteiger partial charge in [-0.3, -0.25) is 4.98 Å². The summed E-state index contributed by atoms with van der Waals surface area (Å²) in [7, 11) is 0. The number of hydrogen-bond acceptors (Lipinski definition) is 5. The van der Waals surface area contributed by atoms with Crippen LogP contribution in [0.1, 0.15) is 17.0 Å². The van der Waals surface area contributed by atoms with Crippen LogP contribution in [0.3, 0.4) is 0 Å². The second-order valence-electron chi connectivity index (χ2n) is 6.22. The van der Waals surface area contributed by atoms with Gasteiger partial charge in [0.1, 0.15) is 11.6 Å². The number of urea groups is 1. The molecule has 7 heteroatoms. The van der Waals surface area contributed by atoms with Gasteiger partial charge in [0.15, 0.2) is 0 Å². The number of carbonyl (C=O) groups is 1. The highest BCUT2D eigenvalue weighted by Crippen LogP contribution is 2.13. The summed E-state index contributed by atoms with van der Waals surface area (Å²) in [5.41, 5.74) is 2.38. The van der Waals surface area contributed by atoms with Gasteiger partial charge in [0.25, 0.3) is 0 Å². The maximum Gasteiger partial charge on any atom is 0.317 e. The first-order valence-electron chi connectivity index (χ1n) is 8.60. The fraction of sp³-hybridized carbons (Fsp3) is 0.444. The highest BCUT2D eigenvalue weighted by molar-refractivity contribution is 5.74. The van der Waals surface area contributed by atoms with E-state index >= 15 is 0 Å². The van der Waals surface area contributed by atoms with E-state index in [4.69, 9.17) is 0 Å². The van der Waals surface area contributed by atoms with Crippen molar-refractivity contribution in [3.8, 4) is 0 Å². The van der Waals surface area contributed by atoms with Crippen molar-refractivity contribution < 1.29 is 4.79 Å². The Bertz CT molecular complexity index is 727. The quantitative estimate of drug-likeness (QED) is 0.914. The summed E-state index contributed by atoms with van der Waals surface area (Å²) in [6.45, 7) is 7.53. The van der Waals surface area contributed by atoms with Gasteiger partial charge in [0, 0.05) is 51.3 Å². The molecule has 1 aliphatic heterocycles. The SMILES string of the molecule is Cc1nccc(N2CCN(C(=O)NCCc3ccncc3C)CC2)n1. The highest BCUT2D eigenvalue weighted by Gasteiger charge is 2.21. The summed E-state index contributed by atoms with van der Waals surface area (Å²) in [4.78, 5) is 29.1. The lowest BCUT2D eigenvalue weighted by atomic mass is 10.1. The van der Waals surface area contributed by atoms with Gasteiger partial charge in [-0.05, 0) is 43.5 Å². The van der Waals surface area contributed by atoms with E-state index < -0.39 is 0 Å². The Morgan fingerprint density at radius 1 is 1.16 bits per heavy atom. The zero-order valence-electron chi connectivity index (χ0n) is 14.8. The van der Waals surface area contributed by atoms with Crippen molar-refractivity contribution in [3.05, 3.63) is 47.7 Å². The molecule has 2 aromatic heterocycles. The molecule has 25 heavy (non-hydrogen) atoms. The van der Waals surface area contributed by atoms with E-state index in [-0.39, 0.29) is 6.03 Å². The molecular weight excluding hydrogens is 316 g/mol. The van der Waals surface area contributed by atoms with Crippen LogP contribution < -0.4 is 10.2 Å². The van der Waals surface area contributed by atoms with Gasteiger partial charge in [-0.1, -0.05) is 0 Å². The summed E-state index contributed by atoms with van der Waals surface area (Å²) in [6.07, 6.45) is 6.24. The summed E-state index contributed by atoms with van der Waals surface area (Å²) in [5, 5.41) is 3.01. The zero-order valence-corrected chi connectivity index (χ0v) is 14.8. The van der Waals surface area contributed by atoms with Crippen molar-refractivity contribution in [2.24, 2.45) is 0 Å². The lowest BCUT2D eigenvalue weighted by Gasteiger charge is -2.35. The van der Waals surface area contributed by atoms with Crippen LogP contribution in [0, 0.1) is 13.8 Å². The Labute approximate surface area is 148 Å². The van der Waals surface area contributed by atoms with Crippen LogP contribution in [0.25, 0.3) is 0 Å². The standard InChI is InChI=1S/C18H24N6O/c1-14-13-19-6-3-16(14)4-7-21-18(25)24-11-9-23(10-12-24)17-5-8-20-15(2)22-17/h3,5-6,8,13H,4,7,9-12H2,1-2H3,(H,21,25). The molecule has 0 spiro atoms. The molecule has 1 aliphatic rings. The first-order chi connectivity index (χ1) is 12.1. The topological polar surface area (TPSA) is 74.2 Å². The second kappa shape index (κ2) is 7.92. The maximum atomic E-state index is 12.3. The molecule has 1 N–H and O–H groups in total. The van der Waals surface area contributed by atoms with Crippen LogP contribution in [0.15, 0.2) is 30.7 Å². The summed E-state index contributed by atoms with van der Waals surface area (Å²) >= 11 is 0. The first-order valence-corrected chi connectivity index (χ1v) is 8.60. The number of nitrogens with one attached hydrogen (secondary N) is 1. The average Bonchev–Trinajstić information content (AvgIpc) is 2.63. The third-order valence-corrected chi connectivity index (χ3v) is 4.46. The van der Waals surface area contributed by atoms with Crippen LogP contribution in [0.4, 0.5) is 10.6 Å². The van der Waals surface area contributed by atoms with E-state index in [0.717, 1.165) is 36.7 Å². The minimum atomic E-state index is 0.00484. The molecule has 0 aliphatic carbocycles. The predicted molar refractivity (Wildman–Crippen MR) is 96.6 cm³/mol. The van der Waals surface area contributed by atoms with Crippen molar-refractivity contribution in [2.45, 2.75) is 20.3 Å². The average molecular weight is 340 g/mol. The zero-order chi connectivity index (χ0) is 17.6. The number of amides is 2. The number of nitrogens with zero attached hydrogens (tertiary/aromatic N) is 5. The predicted octanol–water partition coefficient (Wildman–Crippen LogP) is 1.56. The molecule has 1 fully saturated rings. The van der Waals surface area contributed by atoms with E-state index in [1.807, 2.05) is 37.1 Å². The normalized spacial score (nSPS) is 14.5. The van der Waals surface area contributed by atoms with E-state index in [1.54, 1.807) is 12.4 Å². The van der Waals surface area contributed by atoms with E-state index in [1.165, 1.54) is 5.56 Å². The van der Waals surface area contributed by atoms with Gasteiger partial charge in [-0.15, -0.1) is 0 Å². The smallest absolute Gasteiger partial charge is 0.317 e. The van der Waals surface area contributed by atoms with Gasteiger partial charge >= 0.3 is 6.03 Å². The number of rotatable bonds is 4. The van der Waals surface area contributed by atoms with Crippen LogP contribution in [-0.4, -0.2) is 58.6 Å². The number of piperazine rings is 1. The molecule has 0 saturated carbocycles. The third kappa shape index (κ3) is 4.43. The monoisotopic (exact) mass is 340 g/mol. The lowest BCUT2D eigenvalue weighted by molar-refractivity contribution is 0.194. The molecule has 0 radical (unpaired) electrons. The summed E-state index contributed by atoms with van der Waals surface area (Å²) in [5.74, 6) is 1.70. The Balaban J connectivity index is 1.45. The van der Waals surface area contributed by atoms with Crippen molar-refractivity contribution in [2.75, 3.05) is 37.6 Å². The lowest BCUT2D eigenvalue weighted by Crippen LogP contribution is -2.52. The molecule has 0 bridgehead atoms. The number of pyridine rings is 1. The second-order valence-corrected chi connectivity index (χ2v) is 6.22. The fourth-order valence-electron chi connectivity index (χ4n) is 2.96. The summed E-state index contributed by atoms with van der Waals surface area (Å²) < 4.78 is 0. The Hall–Kier alpha value is -2.70. The molecular formula is C18H24N6O. The van der Waals surface area contributed by atoms with Crippen molar-refractivity contribution in [3.63, 3.8) is 0 Å². The van der Waals surface area contributed by atoms with E-state index in [2.05, 4.69) is 25.2 Å². The van der Waals surface area contributed by atoms with Crippen LogP contribution in [0.2, 0.25) is 0 Å². The van der Waals surface area contributed by atoms with Gasteiger partial charge in [-0.2, -0.15) is 0 Å². The molecule has 7 nitrogen and oxygen atoms in total. The maximum absolute atomic E-state index is 12.3. The van der Waals surface area contributed by atoms with Gasteiger partial charge < -0.3 is 15.1 Å². The van der Waals surface area contributed by atoms with Gasteiger partial charge in [0.2, 0.25) is 0 Å². The van der Waals surface area contributed by atoms with E-state index in [0.29, 0.717) is 19.6 Å². The van der Waals surface area contributed by atoms with E-state index in [9.17, 15) is 4.79 Å². The molecule has 132 valence electrons. The van der Waals surface area contributed by atoms with Gasteiger partial charge in [0.05, 0.1) is 0 Å². The minimum absolute atomic E-state index is 0.00484. The molecule has 1 saturated heterocycles. The molecule has 0 aromatic carbocycles. The molecule has 2 aromatic rings. The summed E-state index contributed by atoms with van der Waals surface area (Å²) in [6, 6.07) is 3.93. The number of anilines is 1. The van der Waals surface area contributed by atoms with Crippen LogP contribution in [0.5, 0.6) is 0 Å². The van der Waals surface area contributed by atoms with Gasteiger partial charge in [-0.25, -0.2) is 14.8 Å². The molecule has 3 rings (SSSR count). The molecule has 0 unspecified atom stereocenters. The Morgan fingerprint density at radius 2 is 1.96 bits per heavy atom. The molecule has 2 amide bonds. The Morgan fingerprint density at radius 3 is 2.68 bits per heavy atom. The minimum Gasteiger partial charge on any atom is -0.353 e. The number of carbonyl (C=O) groups excluding carboxylic acids is 1.